The van der Waals surface area contributed by atoms with Crippen molar-refractivity contribution in [2.75, 3.05) is 49.4 Å². The molecule has 2 rings (SSSR count). The van der Waals surface area contributed by atoms with Crippen LogP contribution in [0.2, 0.25) is 0 Å². The Morgan fingerprint density at radius 1 is 1.60 bits per heavy atom. The number of ether oxygens (including phenoxy) is 1. The van der Waals surface area contributed by atoms with E-state index in [0.29, 0.717) is 29.1 Å². The van der Waals surface area contributed by atoms with E-state index in [1.165, 1.54) is 23.5 Å². The van der Waals surface area contributed by atoms with E-state index in [1.807, 2.05) is 11.8 Å². The van der Waals surface area contributed by atoms with Crippen LogP contribution in [0.4, 0.5) is 10.9 Å². The molecule has 0 radical (unpaired) electrons. The Bertz CT molecular complexity index is 447. The van der Waals surface area contributed by atoms with E-state index in [1.54, 1.807) is 7.11 Å². The van der Waals surface area contributed by atoms with E-state index in [9.17, 15) is 4.79 Å². The van der Waals surface area contributed by atoms with Gasteiger partial charge in [0.05, 0.1) is 6.61 Å². The summed E-state index contributed by atoms with van der Waals surface area (Å²) in [5, 5.41) is 6.68. The van der Waals surface area contributed by atoms with E-state index in [2.05, 4.69) is 15.6 Å². The van der Waals surface area contributed by atoms with Gasteiger partial charge in [-0.25, -0.2) is 4.98 Å². The lowest BCUT2D eigenvalue weighted by molar-refractivity contribution is 0.0953. The highest BCUT2D eigenvalue weighted by Crippen LogP contribution is 2.25. The lowest BCUT2D eigenvalue weighted by Gasteiger charge is -2.08. The first-order valence-corrected chi connectivity index (χ1v) is 8.53. The van der Waals surface area contributed by atoms with Crippen LogP contribution >= 0.6 is 23.1 Å². The number of methoxy groups -OCH3 is 1. The van der Waals surface area contributed by atoms with Gasteiger partial charge in [0.2, 0.25) is 0 Å². The molecule has 1 amide bonds. The Hall–Kier alpha value is -0.990. The van der Waals surface area contributed by atoms with Crippen LogP contribution in [0.5, 0.6) is 0 Å². The number of thiazole rings is 1. The zero-order chi connectivity index (χ0) is 14.4. The zero-order valence-electron chi connectivity index (χ0n) is 11.5. The first-order chi connectivity index (χ1) is 9.70. The first-order valence-electron chi connectivity index (χ1n) is 6.55. The van der Waals surface area contributed by atoms with Crippen molar-refractivity contribution < 1.29 is 9.53 Å². The molecule has 4 N–H and O–H groups in total. The molecule has 0 aromatic carbocycles. The van der Waals surface area contributed by atoms with Gasteiger partial charge in [-0.15, -0.1) is 0 Å². The summed E-state index contributed by atoms with van der Waals surface area (Å²) in [5.41, 5.74) is 5.79. The molecule has 1 aliphatic heterocycles. The number of aromatic nitrogens is 1. The summed E-state index contributed by atoms with van der Waals surface area (Å²) in [6, 6.07) is 0. The van der Waals surface area contributed by atoms with Crippen molar-refractivity contribution in [2.24, 2.45) is 5.92 Å². The van der Waals surface area contributed by atoms with Gasteiger partial charge >= 0.3 is 0 Å². The Labute approximate surface area is 126 Å². The summed E-state index contributed by atoms with van der Waals surface area (Å²) >= 11 is 3.22. The normalized spacial score (nSPS) is 18.1. The first kappa shape index (κ1) is 15.4. The van der Waals surface area contributed by atoms with Gasteiger partial charge in [-0.3, -0.25) is 4.79 Å². The lowest BCUT2D eigenvalue weighted by Crippen LogP contribution is -2.29. The van der Waals surface area contributed by atoms with Crippen LogP contribution in [-0.2, 0) is 4.74 Å². The number of nitrogens with one attached hydrogen (secondary N) is 2. The molecule has 1 aliphatic rings. The van der Waals surface area contributed by atoms with Crippen LogP contribution in [0.15, 0.2) is 0 Å². The number of nitrogens with zero attached hydrogens (tertiary/aromatic N) is 1. The Kier molecular flexibility index (Phi) is 5.93. The minimum atomic E-state index is -0.128. The second-order valence-corrected chi connectivity index (χ2v) is 6.74. The Balaban J connectivity index is 1.85. The Morgan fingerprint density at radius 3 is 3.15 bits per heavy atom. The smallest absolute Gasteiger partial charge is 0.265 e. The van der Waals surface area contributed by atoms with Crippen LogP contribution in [0, 0.1) is 5.92 Å². The molecule has 1 fully saturated rings. The predicted molar refractivity (Wildman–Crippen MR) is 84.7 cm³/mol. The van der Waals surface area contributed by atoms with Crippen LogP contribution in [0.1, 0.15) is 16.1 Å². The minimum Gasteiger partial charge on any atom is -0.383 e. The molecule has 20 heavy (non-hydrogen) atoms. The van der Waals surface area contributed by atoms with Crippen molar-refractivity contribution in [2.45, 2.75) is 6.42 Å². The topological polar surface area (TPSA) is 89.3 Å². The number of carbonyl (C=O) groups is 1. The molecular weight excluding hydrogens is 296 g/mol. The van der Waals surface area contributed by atoms with E-state index in [0.717, 1.165) is 12.3 Å². The average molecular weight is 316 g/mol. The Morgan fingerprint density at radius 2 is 2.45 bits per heavy atom. The van der Waals surface area contributed by atoms with Crippen LogP contribution in [-0.4, -0.2) is 49.2 Å². The molecule has 1 saturated heterocycles. The third-order valence-corrected chi connectivity index (χ3v) is 5.28. The van der Waals surface area contributed by atoms with Gasteiger partial charge in [0.25, 0.3) is 5.91 Å². The van der Waals surface area contributed by atoms with Gasteiger partial charge in [0.15, 0.2) is 5.13 Å². The van der Waals surface area contributed by atoms with Crippen molar-refractivity contribution in [1.82, 2.24) is 10.3 Å². The monoisotopic (exact) mass is 316 g/mol. The molecule has 8 heteroatoms. The maximum atomic E-state index is 12.1. The number of rotatable bonds is 7. The van der Waals surface area contributed by atoms with E-state index >= 15 is 0 Å². The highest BCUT2D eigenvalue weighted by Gasteiger charge is 2.19. The maximum absolute atomic E-state index is 12.1. The number of nitrogen functional groups attached to an aromatic ring is 1. The highest BCUT2D eigenvalue weighted by atomic mass is 32.2. The van der Waals surface area contributed by atoms with Crippen molar-refractivity contribution in [3.8, 4) is 0 Å². The maximum Gasteiger partial charge on any atom is 0.265 e. The molecule has 1 unspecified atom stereocenters. The van der Waals surface area contributed by atoms with E-state index in [-0.39, 0.29) is 11.7 Å². The van der Waals surface area contributed by atoms with Crippen molar-refractivity contribution in [1.29, 1.82) is 0 Å². The van der Waals surface area contributed by atoms with Gasteiger partial charge in [-0.1, -0.05) is 11.3 Å². The molecule has 112 valence electrons. The summed E-state index contributed by atoms with van der Waals surface area (Å²) in [4.78, 5) is 16.7. The van der Waals surface area contributed by atoms with Gasteiger partial charge in [0, 0.05) is 20.2 Å². The largest absolute Gasteiger partial charge is 0.383 e. The molecule has 1 atom stereocenters. The summed E-state index contributed by atoms with van der Waals surface area (Å²) in [6.07, 6.45) is 1.17. The molecule has 6 nitrogen and oxygen atoms in total. The number of thioether (sulfide) groups is 1. The standard InChI is InChI=1S/C12H20N4O2S2/c1-18-4-3-14-12-16-10(13)9(20-12)11(17)15-6-8-2-5-19-7-8/h8H,2-7,13H2,1H3,(H,14,16)(H,15,17). The summed E-state index contributed by atoms with van der Waals surface area (Å²) in [6.45, 7) is 1.94. The van der Waals surface area contributed by atoms with Crippen molar-refractivity contribution in [3.05, 3.63) is 4.88 Å². The second-order valence-electron chi connectivity index (χ2n) is 4.59. The molecule has 0 bridgehead atoms. The molecule has 1 aromatic rings. The van der Waals surface area contributed by atoms with Gasteiger partial charge < -0.3 is 21.1 Å². The minimum absolute atomic E-state index is 0.128. The number of hydrogen-bond donors (Lipinski definition) is 3. The summed E-state index contributed by atoms with van der Waals surface area (Å²) < 4.78 is 4.95. The molecule has 2 heterocycles. The fraction of sp³-hybridized carbons (Fsp3) is 0.667. The summed E-state index contributed by atoms with van der Waals surface area (Å²) in [7, 11) is 1.64. The van der Waals surface area contributed by atoms with Crippen LogP contribution in [0.25, 0.3) is 0 Å². The number of carbonyl (C=O) groups excluding carboxylic acids is 1. The lowest BCUT2D eigenvalue weighted by atomic mass is 10.1. The van der Waals surface area contributed by atoms with Gasteiger partial charge in [-0.05, 0) is 23.8 Å². The molecule has 0 saturated carbocycles. The number of hydrogen-bond acceptors (Lipinski definition) is 7. The molecule has 1 aromatic heterocycles. The zero-order valence-corrected chi connectivity index (χ0v) is 13.1. The SMILES string of the molecule is COCCNc1nc(N)c(C(=O)NCC2CCSC2)s1. The molecular formula is C12H20N4O2S2. The van der Waals surface area contributed by atoms with Crippen LogP contribution in [0.3, 0.4) is 0 Å². The van der Waals surface area contributed by atoms with Crippen molar-refractivity contribution in [3.63, 3.8) is 0 Å². The summed E-state index contributed by atoms with van der Waals surface area (Å²) in [5.74, 6) is 3.06. The van der Waals surface area contributed by atoms with Crippen molar-refractivity contribution >= 4 is 40.0 Å². The number of anilines is 2. The third-order valence-electron chi connectivity index (χ3n) is 3.02. The molecule has 0 aliphatic carbocycles. The third kappa shape index (κ3) is 4.26. The fourth-order valence-corrected chi connectivity index (χ4v) is 4.00. The van der Waals surface area contributed by atoms with Gasteiger partial charge in [-0.2, -0.15) is 11.8 Å². The fourth-order valence-electron chi connectivity index (χ4n) is 1.89. The number of amides is 1. The van der Waals surface area contributed by atoms with Crippen LogP contribution < -0.4 is 16.4 Å². The van der Waals surface area contributed by atoms with E-state index in [4.69, 9.17) is 10.5 Å². The predicted octanol–water partition coefficient (Wildman–Crippen LogP) is 1.27. The molecule has 0 spiro atoms. The second kappa shape index (κ2) is 7.70. The average Bonchev–Trinajstić information content (AvgIpc) is 3.06. The van der Waals surface area contributed by atoms with Gasteiger partial charge in [0.1, 0.15) is 10.7 Å². The number of nitrogens with two attached hydrogens (primary N) is 1. The highest BCUT2D eigenvalue weighted by molar-refractivity contribution is 7.99. The van der Waals surface area contributed by atoms with E-state index < -0.39 is 0 Å². The quantitative estimate of drug-likeness (QED) is 0.656.